The Kier molecular flexibility index (Phi) is 7.65. The molecule has 1 heterocycles. The molecule has 5 aromatic carbocycles. The first kappa shape index (κ1) is 30.9. The van der Waals surface area contributed by atoms with Gasteiger partial charge in [-0.2, -0.15) is 0 Å². The summed E-state index contributed by atoms with van der Waals surface area (Å²) in [5.74, 6) is 2.91. The lowest BCUT2D eigenvalue weighted by Crippen LogP contribution is -2.49. The molecule has 0 radical (unpaired) electrons. The van der Waals surface area contributed by atoms with Crippen molar-refractivity contribution in [3.63, 3.8) is 0 Å². The first-order chi connectivity index (χ1) is 24.6. The van der Waals surface area contributed by atoms with Crippen molar-refractivity contribution >= 4 is 34.0 Å². The first-order valence-electron chi connectivity index (χ1n) is 18.7. The number of aromatic nitrogens is 1. The highest BCUT2D eigenvalue weighted by atomic mass is 15.1. The van der Waals surface area contributed by atoms with Crippen molar-refractivity contribution in [1.82, 2.24) is 4.57 Å². The number of nitrogens with zero attached hydrogens (tertiary/aromatic N) is 2. The number of hydrogen-bond acceptors (Lipinski definition) is 1. The first-order valence-corrected chi connectivity index (χ1v) is 18.7. The van der Waals surface area contributed by atoms with Crippen LogP contribution in [0.5, 0.6) is 0 Å². The van der Waals surface area contributed by atoms with Crippen LogP contribution in [0.4, 0.5) is 17.1 Å². The number of fused-ring (bicyclic) bond motifs is 9. The second kappa shape index (κ2) is 12.4. The van der Waals surface area contributed by atoms with Gasteiger partial charge in [0, 0.05) is 39.1 Å². The van der Waals surface area contributed by atoms with Gasteiger partial charge in [0.05, 0.1) is 11.2 Å². The zero-order chi connectivity index (χ0) is 33.8. The maximum absolute atomic E-state index is 2.57. The summed E-state index contributed by atoms with van der Waals surface area (Å²) in [5.41, 5.74) is 13.1. The molecule has 50 heavy (non-hydrogen) atoms. The summed E-state index contributed by atoms with van der Waals surface area (Å²) in [6.07, 6.45) is 13.9. The van der Waals surface area contributed by atoms with Crippen LogP contribution in [0.1, 0.15) is 63.3 Å². The van der Waals surface area contributed by atoms with Gasteiger partial charge in [-0.1, -0.05) is 111 Å². The summed E-state index contributed by atoms with van der Waals surface area (Å²) in [6.45, 7) is 7.13. The number of anilines is 3. The van der Waals surface area contributed by atoms with E-state index in [0.717, 1.165) is 28.9 Å². The van der Waals surface area contributed by atoms with E-state index < -0.39 is 0 Å². The Bertz CT molecular complexity index is 2240. The summed E-state index contributed by atoms with van der Waals surface area (Å²) < 4.78 is 2.39. The highest BCUT2D eigenvalue weighted by Crippen LogP contribution is 2.66. The Morgan fingerprint density at radius 1 is 0.680 bits per heavy atom. The smallest absolute Gasteiger partial charge is 0.0555 e. The average molecular weight is 651 g/mol. The van der Waals surface area contributed by atoms with Gasteiger partial charge < -0.3 is 9.47 Å². The van der Waals surface area contributed by atoms with Gasteiger partial charge >= 0.3 is 0 Å². The zero-order valence-electron chi connectivity index (χ0n) is 29.5. The standard InChI is InChI=1S/C48H46N2/c1-4-5-8-20-40-31-36-25-26-41(32-46(36)50(40)39-18-11-7-12-19-39)49(38-16-9-6-10-17-38)45-24-15-23-44-47(45)42-21-13-14-22-43(42)48(44)34(3)29-35-27-33(2)28-37(48)30-35/h4-26,31-35,37H,27-30H2,1-3H3/b5-4-,20-8-. The van der Waals surface area contributed by atoms with Crippen LogP contribution in [0.2, 0.25) is 0 Å². The van der Waals surface area contributed by atoms with E-state index in [9.17, 15) is 0 Å². The van der Waals surface area contributed by atoms with E-state index >= 15 is 0 Å². The van der Waals surface area contributed by atoms with E-state index in [1.807, 2.05) is 0 Å². The maximum atomic E-state index is 2.57. The Hall–Kier alpha value is -5.08. The topological polar surface area (TPSA) is 8.17 Å². The second-order valence-electron chi connectivity index (χ2n) is 15.2. The molecule has 0 saturated heterocycles. The number of benzene rings is 5. The van der Waals surface area contributed by atoms with Gasteiger partial charge in [0.15, 0.2) is 0 Å². The Labute approximate surface area is 297 Å². The number of rotatable bonds is 6. The quantitative estimate of drug-likeness (QED) is 0.163. The summed E-state index contributed by atoms with van der Waals surface area (Å²) in [6, 6.07) is 47.7. The summed E-state index contributed by atoms with van der Waals surface area (Å²) >= 11 is 0. The number of para-hydroxylation sites is 2. The predicted molar refractivity (Wildman–Crippen MR) is 212 cm³/mol. The maximum Gasteiger partial charge on any atom is 0.0555 e. The van der Waals surface area contributed by atoms with Crippen LogP contribution in [-0.4, -0.2) is 4.57 Å². The van der Waals surface area contributed by atoms with Gasteiger partial charge in [-0.05, 0) is 128 Å². The van der Waals surface area contributed by atoms with Gasteiger partial charge in [-0.3, -0.25) is 0 Å². The van der Waals surface area contributed by atoms with E-state index in [0.29, 0.717) is 11.8 Å². The predicted octanol–water partition coefficient (Wildman–Crippen LogP) is 13.0. The lowest BCUT2D eigenvalue weighted by Gasteiger charge is -2.54. The third kappa shape index (κ3) is 4.76. The molecular weight excluding hydrogens is 605 g/mol. The Morgan fingerprint density at radius 3 is 2.26 bits per heavy atom. The molecule has 0 N–H and O–H groups in total. The fraction of sp³-hybridized carbons (Fsp3) is 0.250. The van der Waals surface area contributed by atoms with E-state index in [1.165, 1.54) is 59.1 Å². The van der Waals surface area contributed by atoms with E-state index in [2.05, 4.69) is 182 Å². The minimum Gasteiger partial charge on any atom is -0.310 e. The lowest BCUT2D eigenvalue weighted by atomic mass is 9.49. The monoisotopic (exact) mass is 650 g/mol. The van der Waals surface area contributed by atoms with Crippen molar-refractivity contribution in [2.75, 3.05) is 4.90 Å². The van der Waals surface area contributed by atoms with Crippen molar-refractivity contribution in [2.24, 2.45) is 23.7 Å². The van der Waals surface area contributed by atoms with Crippen LogP contribution in [0, 0.1) is 23.7 Å². The summed E-state index contributed by atoms with van der Waals surface area (Å²) in [5, 5.41) is 1.23. The van der Waals surface area contributed by atoms with Crippen LogP contribution in [0.15, 0.2) is 146 Å². The van der Waals surface area contributed by atoms with E-state index in [4.69, 9.17) is 0 Å². The molecule has 2 heteroatoms. The van der Waals surface area contributed by atoms with Crippen molar-refractivity contribution in [3.05, 3.63) is 162 Å². The molecule has 2 fully saturated rings. The molecule has 248 valence electrons. The van der Waals surface area contributed by atoms with Crippen LogP contribution in [0.25, 0.3) is 33.8 Å². The Balaban J connectivity index is 1.29. The minimum absolute atomic E-state index is 0.0512. The van der Waals surface area contributed by atoms with Crippen molar-refractivity contribution in [1.29, 1.82) is 0 Å². The lowest BCUT2D eigenvalue weighted by molar-refractivity contribution is 0.0426. The summed E-state index contributed by atoms with van der Waals surface area (Å²) in [7, 11) is 0. The number of allylic oxidation sites excluding steroid dienone is 3. The fourth-order valence-electron chi connectivity index (χ4n) is 10.5. The molecule has 5 unspecified atom stereocenters. The zero-order valence-corrected chi connectivity index (χ0v) is 29.5. The van der Waals surface area contributed by atoms with E-state index in [-0.39, 0.29) is 5.41 Å². The van der Waals surface area contributed by atoms with Crippen molar-refractivity contribution in [2.45, 2.75) is 51.9 Å². The normalized spacial score (nSPS) is 23.9. The van der Waals surface area contributed by atoms with Crippen LogP contribution >= 0.6 is 0 Å². The van der Waals surface area contributed by atoms with Gasteiger partial charge in [0.25, 0.3) is 0 Å². The van der Waals surface area contributed by atoms with Crippen LogP contribution in [-0.2, 0) is 5.41 Å². The van der Waals surface area contributed by atoms with Crippen molar-refractivity contribution < 1.29 is 0 Å². The highest BCUT2D eigenvalue weighted by molar-refractivity contribution is 5.97. The molecule has 0 aliphatic heterocycles. The molecule has 3 aliphatic rings. The minimum atomic E-state index is 0.0512. The molecule has 2 nitrogen and oxygen atoms in total. The van der Waals surface area contributed by atoms with Crippen LogP contribution in [0.3, 0.4) is 0 Å². The molecular formula is C48H46N2. The molecule has 9 rings (SSSR count). The Morgan fingerprint density at radius 2 is 1.44 bits per heavy atom. The third-order valence-corrected chi connectivity index (χ3v) is 12.2. The van der Waals surface area contributed by atoms with Gasteiger partial charge in [0.1, 0.15) is 0 Å². The van der Waals surface area contributed by atoms with Gasteiger partial charge in [-0.15, -0.1) is 0 Å². The average Bonchev–Trinajstić information content (AvgIpc) is 3.65. The van der Waals surface area contributed by atoms with Gasteiger partial charge in [-0.25, -0.2) is 0 Å². The van der Waals surface area contributed by atoms with Crippen molar-refractivity contribution in [3.8, 4) is 16.8 Å². The molecule has 0 amide bonds. The fourth-order valence-corrected chi connectivity index (χ4v) is 10.5. The molecule has 2 bridgehead atoms. The molecule has 1 spiro atoms. The highest BCUT2D eigenvalue weighted by Gasteiger charge is 2.57. The SMILES string of the molecule is C/C=C\C=C/c1cc2ccc(N(c3ccccc3)c3cccc4c3-c3ccccc3C43C(C)CC4CC(C)CC3C4)cc2n1-c1ccccc1. The molecule has 3 aliphatic carbocycles. The number of hydrogen-bond donors (Lipinski definition) is 0. The third-order valence-electron chi connectivity index (χ3n) is 12.2. The summed E-state index contributed by atoms with van der Waals surface area (Å²) in [4.78, 5) is 2.52. The largest absolute Gasteiger partial charge is 0.310 e. The molecule has 1 aromatic heterocycles. The molecule has 6 aromatic rings. The van der Waals surface area contributed by atoms with Crippen LogP contribution < -0.4 is 4.90 Å². The molecule has 2 saturated carbocycles. The van der Waals surface area contributed by atoms with E-state index in [1.54, 1.807) is 11.1 Å². The van der Waals surface area contributed by atoms with Gasteiger partial charge in [0.2, 0.25) is 0 Å². The second-order valence-corrected chi connectivity index (χ2v) is 15.2. The molecule has 5 atom stereocenters.